The molecule has 1 heterocycles. The molecular weight excluding hydrogens is 230 g/mol. The van der Waals surface area contributed by atoms with Gasteiger partial charge in [-0.25, -0.2) is 0 Å². The maximum Gasteiger partial charge on any atom is 0.161 e. The van der Waals surface area contributed by atoms with Crippen molar-refractivity contribution in [1.82, 2.24) is 9.78 Å². The van der Waals surface area contributed by atoms with Gasteiger partial charge in [-0.15, -0.1) is 0 Å². The van der Waals surface area contributed by atoms with E-state index in [9.17, 15) is 0 Å². The number of para-hydroxylation sites is 2. The van der Waals surface area contributed by atoms with Gasteiger partial charge in [-0.3, -0.25) is 4.68 Å². The normalized spacial score (nSPS) is 10.3. The summed E-state index contributed by atoms with van der Waals surface area (Å²) in [5.41, 5.74) is 6.61. The lowest BCUT2D eigenvalue weighted by atomic mass is 10.3. The van der Waals surface area contributed by atoms with Gasteiger partial charge >= 0.3 is 0 Å². The molecule has 0 aliphatic carbocycles. The van der Waals surface area contributed by atoms with Crippen LogP contribution in [0.2, 0.25) is 0 Å². The smallest absolute Gasteiger partial charge is 0.161 e. The number of anilines is 1. The number of rotatable bonds is 5. The number of nitrogens with zero attached hydrogens (tertiary/aromatic N) is 2. The topological polar surface area (TPSA) is 62.3 Å². The Bertz CT molecular complexity index is 523. The van der Waals surface area contributed by atoms with E-state index < -0.39 is 0 Å². The minimum Gasteiger partial charge on any atom is -0.493 e. The predicted molar refractivity (Wildman–Crippen MR) is 69.6 cm³/mol. The third kappa shape index (κ3) is 2.56. The van der Waals surface area contributed by atoms with Crippen molar-refractivity contribution < 1.29 is 9.47 Å². The Labute approximate surface area is 106 Å². The van der Waals surface area contributed by atoms with Crippen LogP contribution >= 0.6 is 0 Å². The first-order valence-electron chi connectivity index (χ1n) is 5.82. The van der Waals surface area contributed by atoms with E-state index in [1.165, 1.54) is 0 Å². The van der Waals surface area contributed by atoms with Crippen LogP contribution in [0.15, 0.2) is 30.3 Å². The highest BCUT2D eigenvalue weighted by atomic mass is 16.5. The van der Waals surface area contributed by atoms with Gasteiger partial charge in [-0.2, -0.15) is 5.10 Å². The fraction of sp³-hybridized carbons (Fsp3) is 0.308. The predicted octanol–water partition coefficient (Wildman–Crippen LogP) is 2.07. The van der Waals surface area contributed by atoms with Gasteiger partial charge in [0.25, 0.3) is 0 Å². The summed E-state index contributed by atoms with van der Waals surface area (Å²) in [7, 11) is 1.62. The van der Waals surface area contributed by atoms with Gasteiger partial charge in [-0.05, 0) is 19.1 Å². The van der Waals surface area contributed by atoms with Crippen LogP contribution in [-0.2, 0) is 13.2 Å². The molecule has 0 aliphatic heterocycles. The minimum absolute atomic E-state index is 0.415. The van der Waals surface area contributed by atoms with Crippen LogP contribution in [0.4, 0.5) is 5.82 Å². The van der Waals surface area contributed by atoms with Gasteiger partial charge in [0, 0.05) is 12.6 Å². The van der Waals surface area contributed by atoms with E-state index in [2.05, 4.69) is 5.10 Å². The lowest BCUT2D eigenvalue weighted by Gasteiger charge is -2.10. The molecule has 1 aromatic heterocycles. The molecule has 0 saturated heterocycles. The zero-order valence-electron chi connectivity index (χ0n) is 10.6. The first-order valence-corrected chi connectivity index (χ1v) is 5.82. The van der Waals surface area contributed by atoms with Gasteiger partial charge in [-0.1, -0.05) is 12.1 Å². The molecule has 1 aromatic carbocycles. The SMILES string of the molecule is CCn1nc(N)cc1COc1ccccc1OC. The maximum absolute atomic E-state index is 5.73. The summed E-state index contributed by atoms with van der Waals surface area (Å²) in [6.45, 7) is 3.19. The van der Waals surface area contributed by atoms with Gasteiger partial charge in [0.2, 0.25) is 0 Å². The largest absolute Gasteiger partial charge is 0.493 e. The second-order valence-corrected chi connectivity index (χ2v) is 3.82. The fourth-order valence-electron chi connectivity index (χ4n) is 1.76. The molecule has 2 aromatic rings. The van der Waals surface area contributed by atoms with Crippen molar-refractivity contribution in [2.24, 2.45) is 0 Å². The highest BCUT2D eigenvalue weighted by molar-refractivity contribution is 5.39. The highest BCUT2D eigenvalue weighted by Gasteiger charge is 2.07. The van der Waals surface area contributed by atoms with E-state index >= 15 is 0 Å². The van der Waals surface area contributed by atoms with E-state index in [4.69, 9.17) is 15.2 Å². The molecule has 0 amide bonds. The van der Waals surface area contributed by atoms with Crippen LogP contribution in [0, 0.1) is 0 Å². The summed E-state index contributed by atoms with van der Waals surface area (Å²) in [5.74, 6) is 1.94. The number of nitrogen functional groups attached to an aromatic ring is 1. The third-order valence-corrected chi connectivity index (χ3v) is 2.63. The molecule has 0 radical (unpaired) electrons. The summed E-state index contributed by atoms with van der Waals surface area (Å²) in [5, 5.41) is 4.17. The first kappa shape index (κ1) is 12.3. The monoisotopic (exact) mass is 247 g/mol. The fourth-order valence-corrected chi connectivity index (χ4v) is 1.76. The van der Waals surface area contributed by atoms with Crippen molar-refractivity contribution in [3.8, 4) is 11.5 Å². The molecule has 0 fully saturated rings. The lowest BCUT2D eigenvalue weighted by Crippen LogP contribution is -2.06. The summed E-state index contributed by atoms with van der Waals surface area (Å²) in [6.07, 6.45) is 0. The Balaban J connectivity index is 2.11. The third-order valence-electron chi connectivity index (χ3n) is 2.63. The van der Waals surface area contributed by atoms with Crippen molar-refractivity contribution in [1.29, 1.82) is 0 Å². The average Bonchev–Trinajstić information content (AvgIpc) is 2.77. The average molecular weight is 247 g/mol. The van der Waals surface area contributed by atoms with E-state index in [-0.39, 0.29) is 0 Å². The number of ether oxygens (including phenoxy) is 2. The Kier molecular flexibility index (Phi) is 3.72. The first-order chi connectivity index (χ1) is 8.74. The van der Waals surface area contributed by atoms with Crippen LogP contribution in [-0.4, -0.2) is 16.9 Å². The molecular formula is C13H17N3O2. The van der Waals surface area contributed by atoms with Crippen molar-refractivity contribution in [3.63, 3.8) is 0 Å². The molecule has 0 atom stereocenters. The van der Waals surface area contributed by atoms with E-state index in [0.717, 1.165) is 12.2 Å². The van der Waals surface area contributed by atoms with Gasteiger partial charge < -0.3 is 15.2 Å². The molecule has 18 heavy (non-hydrogen) atoms. The van der Waals surface area contributed by atoms with E-state index in [1.807, 2.05) is 41.9 Å². The van der Waals surface area contributed by atoms with E-state index in [0.29, 0.717) is 23.9 Å². The number of aryl methyl sites for hydroxylation is 1. The molecule has 0 saturated carbocycles. The van der Waals surface area contributed by atoms with Crippen molar-refractivity contribution in [3.05, 3.63) is 36.0 Å². The van der Waals surface area contributed by atoms with Crippen LogP contribution in [0.5, 0.6) is 11.5 Å². The number of hydrogen-bond acceptors (Lipinski definition) is 4. The zero-order chi connectivity index (χ0) is 13.0. The molecule has 0 bridgehead atoms. The zero-order valence-corrected chi connectivity index (χ0v) is 10.6. The number of methoxy groups -OCH3 is 1. The van der Waals surface area contributed by atoms with E-state index in [1.54, 1.807) is 7.11 Å². The minimum atomic E-state index is 0.415. The summed E-state index contributed by atoms with van der Waals surface area (Å²) in [4.78, 5) is 0. The van der Waals surface area contributed by atoms with Gasteiger partial charge in [0.15, 0.2) is 11.5 Å². The summed E-state index contributed by atoms with van der Waals surface area (Å²) in [6, 6.07) is 9.36. The van der Waals surface area contributed by atoms with Crippen LogP contribution in [0.1, 0.15) is 12.6 Å². The highest BCUT2D eigenvalue weighted by Crippen LogP contribution is 2.26. The van der Waals surface area contributed by atoms with Crippen LogP contribution in [0.25, 0.3) is 0 Å². The Morgan fingerprint density at radius 2 is 2.00 bits per heavy atom. The van der Waals surface area contributed by atoms with Gasteiger partial charge in [0.1, 0.15) is 12.4 Å². The standard InChI is InChI=1S/C13H17N3O2/c1-3-16-10(8-13(14)15-16)9-18-12-7-5-4-6-11(12)17-2/h4-8H,3,9H2,1-2H3,(H2,14,15). The Morgan fingerprint density at radius 1 is 1.28 bits per heavy atom. The molecule has 5 heteroatoms. The second kappa shape index (κ2) is 5.44. The second-order valence-electron chi connectivity index (χ2n) is 3.82. The number of benzene rings is 1. The quantitative estimate of drug-likeness (QED) is 0.878. The molecule has 96 valence electrons. The lowest BCUT2D eigenvalue weighted by molar-refractivity contribution is 0.274. The molecule has 0 spiro atoms. The summed E-state index contributed by atoms with van der Waals surface area (Å²) >= 11 is 0. The maximum atomic E-state index is 5.73. The number of hydrogen-bond donors (Lipinski definition) is 1. The summed E-state index contributed by atoms with van der Waals surface area (Å²) < 4.78 is 12.8. The molecule has 0 unspecified atom stereocenters. The van der Waals surface area contributed by atoms with Crippen LogP contribution in [0.3, 0.4) is 0 Å². The van der Waals surface area contributed by atoms with Crippen LogP contribution < -0.4 is 15.2 Å². The molecule has 2 rings (SSSR count). The Morgan fingerprint density at radius 3 is 2.67 bits per heavy atom. The van der Waals surface area contributed by atoms with Crippen molar-refractivity contribution in [2.45, 2.75) is 20.1 Å². The van der Waals surface area contributed by atoms with Crippen molar-refractivity contribution >= 4 is 5.82 Å². The molecule has 2 N–H and O–H groups in total. The number of nitrogens with two attached hydrogens (primary N) is 1. The van der Waals surface area contributed by atoms with Gasteiger partial charge in [0.05, 0.1) is 12.8 Å². The molecule has 0 aliphatic rings. The molecule has 5 nitrogen and oxygen atoms in total. The Hall–Kier alpha value is -2.17. The van der Waals surface area contributed by atoms with Crippen molar-refractivity contribution in [2.75, 3.05) is 12.8 Å². The number of aromatic nitrogens is 2.